The molecule has 11 heavy (non-hydrogen) atoms. The van der Waals surface area contributed by atoms with E-state index in [0.29, 0.717) is 0 Å². The number of nitrogens with one attached hydrogen (secondary N) is 1. The molecule has 1 aliphatic heterocycles. The second-order valence-corrected chi connectivity index (χ2v) is 2.80. The van der Waals surface area contributed by atoms with Crippen LogP contribution in [0.1, 0.15) is 12.8 Å². The van der Waals surface area contributed by atoms with Crippen molar-refractivity contribution < 1.29 is 5.11 Å². The molecule has 1 aliphatic rings. The molecule has 0 spiro atoms. The number of nitrogens with zero attached hydrogens (tertiary/aromatic N) is 1. The molecule has 1 heterocycles. The van der Waals surface area contributed by atoms with E-state index in [9.17, 15) is 5.11 Å². The van der Waals surface area contributed by atoms with Gasteiger partial charge in [0.2, 0.25) is 0 Å². The van der Waals surface area contributed by atoms with Crippen LogP contribution in [0.15, 0.2) is 12.3 Å². The highest BCUT2D eigenvalue weighted by atomic mass is 16.3. The quantitative estimate of drug-likeness (QED) is 0.568. The fourth-order valence-electron chi connectivity index (χ4n) is 1.21. The highest BCUT2D eigenvalue weighted by molar-refractivity contribution is 4.93. The minimum atomic E-state index is -0.271. The maximum absolute atomic E-state index is 9.33. The van der Waals surface area contributed by atoms with Crippen molar-refractivity contribution in [3.63, 3.8) is 0 Å². The third kappa shape index (κ3) is 2.52. The number of aliphatic hydroxyl groups excluding tert-OH is 1. The molecular weight excluding hydrogens is 140 g/mol. The van der Waals surface area contributed by atoms with E-state index >= 15 is 0 Å². The molecule has 1 rings (SSSR count). The Kier molecular flexibility index (Phi) is 3.39. The Bertz CT molecular complexity index is 136. The van der Waals surface area contributed by atoms with Crippen molar-refractivity contribution in [2.45, 2.75) is 19.1 Å². The lowest BCUT2D eigenvalue weighted by Gasteiger charge is -2.20. The first-order chi connectivity index (χ1) is 5.34. The smallest absolute Gasteiger partial charge is 0.129 e. The summed E-state index contributed by atoms with van der Waals surface area (Å²) in [5.41, 5.74) is 0. The molecule has 3 nitrogen and oxygen atoms in total. The molecule has 0 amide bonds. The van der Waals surface area contributed by atoms with Crippen molar-refractivity contribution in [3.8, 4) is 0 Å². The van der Waals surface area contributed by atoms with Crippen LogP contribution < -0.4 is 5.32 Å². The summed E-state index contributed by atoms with van der Waals surface area (Å²) >= 11 is 0. The summed E-state index contributed by atoms with van der Waals surface area (Å²) in [7, 11) is 1.94. The third-order valence-electron chi connectivity index (χ3n) is 1.87. The standard InChI is InChI=1S/C8H16N2O/c1-9-5-3-7-10-6-2-4-8(10)11/h2,6,8-9,11H,3-5,7H2,1H3. The average Bonchev–Trinajstić information content (AvgIpc) is 2.37. The summed E-state index contributed by atoms with van der Waals surface area (Å²) in [6, 6.07) is 0. The number of hydrogen-bond donors (Lipinski definition) is 2. The van der Waals surface area contributed by atoms with E-state index in [2.05, 4.69) is 5.32 Å². The van der Waals surface area contributed by atoms with Gasteiger partial charge in [-0.25, -0.2) is 0 Å². The molecule has 0 aliphatic carbocycles. The van der Waals surface area contributed by atoms with Gasteiger partial charge in [-0.15, -0.1) is 0 Å². The predicted molar refractivity (Wildman–Crippen MR) is 45.0 cm³/mol. The largest absolute Gasteiger partial charge is 0.373 e. The van der Waals surface area contributed by atoms with E-state index < -0.39 is 0 Å². The highest BCUT2D eigenvalue weighted by Crippen LogP contribution is 2.10. The molecule has 64 valence electrons. The lowest BCUT2D eigenvalue weighted by Crippen LogP contribution is -2.28. The first kappa shape index (κ1) is 8.56. The van der Waals surface area contributed by atoms with Gasteiger partial charge in [0.15, 0.2) is 0 Å². The Morgan fingerprint density at radius 2 is 2.55 bits per heavy atom. The molecule has 0 saturated heterocycles. The lowest BCUT2D eigenvalue weighted by atomic mass is 10.3. The highest BCUT2D eigenvalue weighted by Gasteiger charge is 2.13. The van der Waals surface area contributed by atoms with Gasteiger partial charge in [-0.05, 0) is 26.2 Å². The average molecular weight is 156 g/mol. The Hall–Kier alpha value is -0.540. The topological polar surface area (TPSA) is 35.5 Å². The van der Waals surface area contributed by atoms with Crippen LogP contribution in [0.2, 0.25) is 0 Å². The molecule has 0 fully saturated rings. The van der Waals surface area contributed by atoms with E-state index in [1.807, 2.05) is 24.2 Å². The van der Waals surface area contributed by atoms with Crippen molar-refractivity contribution in [1.29, 1.82) is 0 Å². The zero-order valence-electron chi connectivity index (χ0n) is 6.95. The maximum atomic E-state index is 9.33. The number of aliphatic hydroxyl groups is 1. The van der Waals surface area contributed by atoms with Crippen LogP contribution in [0, 0.1) is 0 Å². The van der Waals surface area contributed by atoms with Crippen LogP contribution in [0.3, 0.4) is 0 Å². The van der Waals surface area contributed by atoms with Gasteiger partial charge in [0.25, 0.3) is 0 Å². The van der Waals surface area contributed by atoms with Gasteiger partial charge in [-0.1, -0.05) is 6.08 Å². The Morgan fingerprint density at radius 3 is 3.09 bits per heavy atom. The van der Waals surface area contributed by atoms with Crippen LogP contribution in [0.4, 0.5) is 0 Å². The second-order valence-electron chi connectivity index (χ2n) is 2.80. The minimum Gasteiger partial charge on any atom is -0.373 e. The molecule has 0 aromatic heterocycles. The molecule has 0 bridgehead atoms. The van der Waals surface area contributed by atoms with Gasteiger partial charge in [-0.3, -0.25) is 0 Å². The zero-order chi connectivity index (χ0) is 8.10. The van der Waals surface area contributed by atoms with E-state index in [1.54, 1.807) is 0 Å². The summed E-state index contributed by atoms with van der Waals surface area (Å²) in [6.45, 7) is 1.95. The van der Waals surface area contributed by atoms with Gasteiger partial charge in [0.1, 0.15) is 6.23 Å². The molecular formula is C8H16N2O. The molecule has 0 radical (unpaired) electrons. The first-order valence-electron chi connectivity index (χ1n) is 4.09. The van der Waals surface area contributed by atoms with Crippen molar-refractivity contribution in [2.24, 2.45) is 0 Å². The van der Waals surface area contributed by atoms with Gasteiger partial charge >= 0.3 is 0 Å². The van der Waals surface area contributed by atoms with Crippen molar-refractivity contribution in [1.82, 2.24) is 10.2 Å². The van der Waals surface area contributed by atoms with Gasteiger partial charge < -0.3 is 15.3 Å². The molecule has 0 aromatic carbocycles. The molecule has 2 N–H and O–H groups in total. The van der Waals surface area contributed by atoms with E-state index in [-0.39, 0.29) is 6.23 Å². The number of hydrogen-bond acceptors (Lipinski definition) is 3. The van der Waals surface area contributed by atoms with Crippen molar-refractivity contribution in [2.75, 3.05) is 20.1 Å². The Labute approximate surface area is 67.7 Å². The maximum Gasteiger partial charge on any atom is 0.129 e. The number of rotatable bonds is 4. The molecule has 1 atom stereocenters. The monoisotopic (exact) mass is 156 g/mol. The molecule has 0 saturated carbocycles. The summed E-state index contributed by atoms with van der Waals surface area (Å²) < 4.78 is 0. The lowest BCUT2D eigenvalue weighted by molar-refractivity contribution is 0.0531. The fraction of sp³-hybridized carbons (Fsp3) is 0.750. The van der Waals surface area contributed by atoms with Gasteiger partial charge in [0, 0.05) is 13.0 Å². The Balaban J connectivity index is 2.10. The van der Waals surface area contributed by atoms with Crippen molar-refractivity contribution >= 4 is 0 Å². The molecule has 1 unspecified atom stereocenters. The van der Waals surface area contributed by atoms with E-state index in [4.69, 9.17) is 0 Å². The van der Waals surface area contributed by atoms with E-state index in [1.165, 1.54) is 0 Å². The normalized spacial score (nSPS) is 23.1. The predicted octanol–water partition coefficient (Wildman–Crippen LogP) is 0.134. The Morgan fingerprint density at radius 1 is 1.73 bits per heavy atom. The molecule has 3 heteroatoms. The van der Waals surface area contributed by atoms with Crippen LogP contribution in [0.25, 0.3) is 0 Å². The summed E-state index contributed by atoms with van der Waals surface area (Å²) in [5, 5.41) is 12.4. The van der Waals surface area contributed by atoms with Crippen LogP contribution in [-0.2, 0) is 0 Å². The fourth-order valence-corrected chi connectivity index (χ4v) is 1.21. The summed E-state index contributed by atoms with van der Waals surface area (Å²) in [4.78, 5) is 1.97. The second kappa shape index (κ2) is 4.36. The third-order valence-corrected chi connectivity index (χ3v) is 1.87. The molecule has 0 aromatic rings. The first-order valence-corrected chi connectivity index (χ1v) is 4.09. The SMILES string of the molecule is CNCCCN1C=CCC1O. The van der Waals surface area contributed by atoms with E-state index in [0.717, 1.165) is 25.9 Å². The zero-order valence-corrected chi connectivity index (χ0v) is 6.95. The van der Waals surface area contributed by atoms with Gasteiger partial charge in [-0.2, -0.15) is 0 Å². The minimum absolute atomic E-state index is 0.271. The van der Waals surface area contributed by atoms with Crippen LogP contribution in [-0.4, -0.2) is 36.4 Å². The van der Waals surface area contributed by atoms with Gasteiger partial charge in [0.05, 0.1) is 0 Å². The van der Waals surface area contributed by atoms with Crippen LogP contribution in [0.5, 0.6) is 0 Å². The van der Waals surface area contributed by atoms with Crippen LogP contribution >= 0.6 is 0 Å². The summed E-state index contributed by atoms with van der Waals surface area (Å²) in [6.07, 6.45) is 5.56. The van der Waals surface area contributed by atoms with Crippen molar-refractivity contribution in [3.05, 3.63) is 12.3 Å². The summed E-state index contributed by atoms with van der Waals surface area (Å²) in [5.74, 6) is 0.